The predicted octanol–water partition coefficient (Wildman–Crippen LogP) is 1.15. The lowest BCUT2D eigenvalue weighted by atomic mass is 9.91. The van der Waals surface area contributed by atoms with Gasteiger partial charge in [-0.15, -0.1) is 0 Å². The number of benzene rings is 1. The molecule has 1 aromatic carbocycles. The average Bonchev–Trinajstić information content (AvgIpc) is 2.82. The van der Waals surface area contributed by atoms with E-state index in [0.717, 1.165) is 26.8 Å². The molecule has 1 aliphatic rings. The normalized spacial score (nSPS) is 18.6. The molecule has 2 aromatic rings. The third-order valence-corrected chi connectivity index (χ3v) is 5.53. The molecule has 1 aliphatic carbocycles. The maximum atomic E-state index is 11.4. The lowest BCUT2D eigenvalue weighted by Gasteiger charge is -2.31. The van der Waals surface area contributed by atoms with E-state index in [2.05, 4.69) is 4.98 Å². The first-order valence-electron chi connectivity index (χ1n) is 6.99. The molecule has 0 fully saturated rings. The molecule has 22 heavy (non-hydrogen) atoms. The highest BCUT2D eigenvalue weighted by atomic mass is 31.2. The number of primary amides is 1. The first kappa shape index (κ1) is 15.2. The van der Waals surface area contributed by atoms with Gasteiger partial charge in [0.25, 0.3) is 0 Å². The zero-order chi connectivity index (χ0) is 16.1. The lowest BCUT2D eigenvalue weighted by molar-refractivity contribution is 0.100. The van der Waals surface area contributed by atoms with Gasteiger partial charge in [0, 0.05) is 28.2 Å². The molecule has 1 amide bonds. The highest BCUT2D eigenvalue weighted by molar-refractivity contribution is 7.49. The van der Waals surface area contributed by atoms with Gasteiger partial charge in [0.05, 0.1) is 0 Å². The van der Waals surface area contributed by atoms with Gasteiger partial charge in [-0.2, -0.15) is 0 Å². The number of hydrogen-bond acceptors (Lipinski definition) is 2. The Morgan fingerprint density at radius 2 is 2.18 bits per heavy atom. The Balaban J connectivity index is 2.02. The Bertz CT molecular complexity index is 795. The van der Waals surface area contributed by atoms with Gasteiger partial charge in [0.2, 0.25) is 5.91 Å². The van der Waals surface area contributed by atoms with Crippen LogP contribution in [0.3, 0.4) is 0 Å². The molecule has 0 saturated heterocycles. The minimum absolute atomic E-state index is 0.232. The van der Waals surface area contributed by atoms with Gasteiger partial charge in [-0.25, -0.2) is 9.24 Å². The second kappa shape index (κ2) is 5.21. The van der Waals surface area contributed by atoms with Crippen LogP contribution in [0.15, 0.2) is 18.2 Å². The number of nitrogens with zero attached hydrogens (tertiary/aromatic N) is 1. The summed E-state index contributed by atoms with van der Waals surface area (Å²) in [5.41, 5.74) is 8.73. The zero-order valence-electron chi connectivity index (χ0n) is 12.1. The number of hydrogen-bond donors (Lipinski definition) is 4. The SMILES string of the molecule is CN(C1CCc2[nH]c3ccc(C(N)=O)cc3c2C1)P(=O)(O)O. The van der Waals surface area contributed by atoms with Crippen molar-refractivity contribution in [1.82, 2.24) is 9.65 Å². The molecule has 0 bridgehead atoms. The topological polar surface area (TPSA) is 120 Å². The summed E-state index contributed by atoms with van der Waals surface area (Å²) < 4.78 is 12.6. The number of likely N-dealkylation sites (N-methyl/N-ethyl adjacent to an activating group) is 1. The van der Waals surface area contributed by atoms with E-state index >= 15 is 0 Å². The molecule has 7 nitrogen and oxygen atoms in total. The van der Waals surface area contributed by atoms with Crippen molar-refractivity contribution in [2.24, 2.45) is 5.73 Å². The van der Waals surface area contributed by atoms with Crippen molar-refractivity contribution in [3.05, 3.63) is 35.0 Å². The summed E-state index contributed by atoms with van der Waals surface area (Å²) in [5.74, 6) is -0.489. The molecule has 0 saturated carbocycles. The van der Waals surface area contributed by atoms with Crippen molar-refractivity contribution in [2.75, 3.05) is 7.05 Å². The van der Waals surface area contributed by atoms with Crippen LogP contribution in [0.4, 0.5) is 0 Å². The van der Waals surface area contributed by atoms with Crippen molar-refractivity contribution in [3.63, 3.8) is 0 Å². The summed E-state index contributed by atoms with van der Waals surface area (Å²) in [6.45, 7) is 0. The number of carbonyl (C=O) groups excluding carboxylic acids is 1. The number of fused-ring (bicyclic) bond motifs is 3. The minimum atomic E-state index is -4.26. The molecule has 0 aliphatic heterocycles. The Hall–Kier alpha value is -1.66. The first-order valence-corrected chi connectivity index (χ1v) is 8.56. The Kier molecular flexibility index (Phi) is 3.61. The van der Waals surface area contributed by atoms with Gasteiger partial charge in [-0.05, 0) is 50.1 Å². The molecule has 0 radical (unpaired) electrons. The van der Waals surface area contributed by atoms with E-state index in [1.54, 1.807) is 12.1 Å². The third kappa shape index (κ3) is 2.57. The summed E-state index contributed by atoms with van der Waals surface area (Å²) in [6, 6.07) is 5.00. The van der Waals surface area contributed by atoms with Crippen LogP contribution in [0.25, 0.3) is 10.9 Å². The maximum Gasteiger partial charge on any atom is 0.403 e. The number of nitrogens with two attached hydrogens (primary N) is 1. The highest BCUT2D eigenvalue weighted by Crippen LogP contribution is 2.43. The molecule has 1 unspecified atom stereocenters. The second-order valence-corrected chi connectivity index (χ2v) is 7.35. The van der Waals surface area contributed by atoms with E-state index in [9.17, 15) is 19.1 Å². The van der Waals surface area contributed by atoms with Crippen molar-refractivity contribution >= 4 is 24.6 Å². The molecule has 3 rings (SSSR count). The van der Waals surface area contributed by atoms with Crippen molar-refractivity contribution in [2.45, 2.75) is 25.3 Å². The second-order valence-electron chi connectivity index (χ2n) is 5.69. The van der Waals surface area contributed by atoms with E-state index in [-0.39, 0.29) is 6.04 Å². The van der Waals surface area contributed by atoms with Crippen molar-refractivity contribution < 1.29 is 19.1 Å². The summed E-state index contributed by atoms with van der Waals surface area (Å²) in [7, 11) is -2.81. The van der Waals surface area contributed by atoms with Crippen LogP contribution in [0.2, 0.25) is 0 Å². The smallest absolute Gasteiger partial charge is 0.366 e. The van der Waals surface area contributed by atoms with Crippen molar-refractivity contribution in [1.29, 1.82) is 0 Å². The van der Waals surface area contributed by atoms with Crippen LogP contribution in [0.5, 0.6) is 0 Å². The zero-order valence-corrected chi connectivity index (χ0v) is 13.0. The van der Waals surface area contributed by atoms with Gasteiger partial charge >= 0.3 is 7.75 Å². The molecule has 5 N–H and O–H groups in total. The highest BCUT2D eigenvalue weighted by Gasteiger charge is 2.32. The van der Waals surface area contributed by atoms with E-state index in [0.29, 0.717) is 24.8 Å². The monoisotopic (exact) mass is 323 g/mol. The molecule has 1 atom stereocenters. The Morgan fingerprint density at radius 3 is 2.82 bits per heavy atom. The average molecular weight is 323 g/mol. The van der Waals surface area contributed by atoms with Gasteiger partial charge in [-0.1, -0.05) is 0 Å². The standard InChI is InChI=1S/C14H18N3O4P/c1-17(22(19,20)21)9-3-5-13-11(7-9)10-6-8(14(15)18)2-4-12(10)16-13/h2,4,6,9,16H,3,5,7H2,1H3,(H2,15,18)(H2,19,20,21). The fraction of sp³-hybridized carbons (Fsp3) is 0.357. The molecule has 1 aromatic heterocycles. The summed E-state index contributed by atoms with van der Waals surface area (Å²) >= 11 is 0. The molecule has 0 spiro atoms. The van der Waals surface area contributed by atoms with Gasteiger partial charge in [0.1, 0.15) is 0 Å². The van der Waals surface area contributed by atoms with Crippen LogP contribution in [-0.4, -0.2) is 38.4 Å². The summed E-state index contributed by atoms with van der Waals surface area (Å²) in [5, 5.41) is 0.898. The summed E-state index contributed by atoms with van der Waals surface area (Å²) in [4.78, 5) is 33.3. The van der Waals surface area contributed by atoms with Gasteiger partial charge in [0.15, 0.2) is 0 Å². The van der Waals surface area contributed by atoms with Gasteiger partial charge in [-0.3, -0.25) is 4.79 Å². The molecule has 8 heteroatoms. The number of aromatic amines is 1. The number of nitrogens with one attached hydrogen (secondary N) is 1. The van der Waals surface area contributed by atoms with Crippen molar-refractivity contribution in [3.8, 4) is 0 Å². The molecular weight excluding hydrogens is 305 g/mol. The number of rotatable bonds is 3. The fourth-order valence-electron chi connectivity index (χ4n) is 3.08. The third-order valence-electron chi connectivity index (χ3n) is 4.39. The summed E-state index contributed by atoms with van der Waals surface area (Å²) in [6.07, 6.45) is 1.91. The molecule has 118 valence electrons. The quantitative estimate of drug-likeness (QED) is 0.632. The predicted molar refractivity (Wildman–Crippen MR) is 82.4 cm³/mol. The Morgan fingerprint density at radius 1 is 1.45 bits per heavy atom. The fourth-order valence-corrected chi connectivity index (χ4v) is 3.71. The van der Waals surface area contributed by atoms with Crippen LogP contribution in [0, 0.1) is 0 Å². The first-order chi connectivity index (χ1) is 10.3. The minimum Gasteiger partial charge on any atom is -0.366 e. The maximum absolute atomic E-state index is 11.4. The number of carbonyl (C=O) groups is 1. The van der Waals surface area contributed by atoms with E-state index < -0.39 is 13.7 Å². The van der Waals surface area contributed by atoms with Crippen LogP contribution >= 0.6 is 7.75 Å². The number of amides is 1. The number of aryl methyl sites for hydroxylation is 1. The van der Waals surface area contributed by atoms with Crippen LogP contribution in [-0.2, 0) is 17.4 Å². The Labute approximate surface area is 127 Å². The number of H-pyrrole nitrogens is 1. The lowest BCUT2D eigenvalue weighted by Crippen LogP contribution is -2.34. The molecule has 1 heterocycles. The van der Waals surface area contributed by atoms with Crippen LogP contribution in [0.1, 0.15) is 28.0 Å². The van der Waals surface area contributed by atoms with E-state index in [1.165, 1.54) is 7.05 Å². The van der Waals surface area contributed by atoms with E-state index in [1.807, 2.05) is 6.07 Å². The van der Waals surface area contributed by atoms with Gasteiger partial charge < -0.3 is 20.5 Å². The van der Waals surface area contributed by atoms with Crippen LogP contribution < -0.4 is 5.73 Å². The molecular formula is C14H18N3O4P. The van der Waals surface area contributed by atoms with E-state index in [4.69, 9.17) is 5.73 Å². The largest absolute Gasteiger partial charge is 0.403 e. The number of aromatic nitrogens is 1.